The van der Waals surface area contributed by atoms with E-state index in [4.69, 9.17) is 4.98 Å². The van der Waals surface area contributed by atoms with E-state index in [0.717, 1.165) is 64.2 Å². The number of nitrogens with one attached hydrogen (secondary N) is 2. The van der Waals surface area contributed by atoms with E-state index in [1.165, 1.54) is 0 Å². The van der Waals surface area contributed by atoms with Crippen LogP contribution >= 0.6 is 11.3 Å². The fraction of sp³-hybridized carbons (Fsp3) is 0.484. The first-order valence-electron chi connectivity index (χ1n) is 14.9. The Morgan fingerprint density at radius 1 is 1.16 bits per heavy atom. The second kappa shape index (κ2) is 10.6. The van der Waals surface area contributed by atoms with E-state index in [2.05, 4.69) is 50.7 Å². The van der Waals surface area contributed by atoms with Gasteiger partial charge < -0.3 is 20.6 Å². The number of aliphatic hydroxyl groups is 1. The highest BCUT2D eigenvalue weighted by molar-refractivity contribution is 7.18. The van der Waals surface area contributed by atoms with Gasteiger partial charge >= 0.3 is 0 Å². The highest BCUT2D eigenvalue weighted by atomic mass is 32.1. The fourth-order valence-corrected chi connectivity index (χ4v) is 7.87. The molecule has 1 aliphatic heterocycles. The molecule has 0 radical (unpaired) electrons. The van der Waals surface area contributed by atoms with Crippen LogP contribution in [0, 0.1) is 29.1 Å². The van der Waals surface area contributed by atoms with Crippen molar-refractivity contribution in [3.8, 4) is 28.0 Å². The van der Waals surface area contributed by atoms with Crippen molar-refractivity contribution in [2.45, 2.75) is 64.1 Å². The summed E-state index contributed by atoms with van der Waals surface area (Å²) in [6.45, 7) is 7.68. The van der Waals surface area contributed by atoms with E-state index >= 15 is 0 Å². The van der Waals surface area contributed by atoms with E-state index in [1.54, 1.807) is 29.0 Å². The number of carbonyl (C=O) groups excluding carboxylic acids is 1. The maximum atomic E-state index is 12.8. The molecule has 0 spiro atoms. The fourth-order valence-electron chi connectivity index (χ4n) is 6.99. The van der Waals surface area contributed by atoms with Gasteiger partial charge in [-0.15, -0.1) is 10.2 Å². The number of nitriles is 1. The van der Waals surface area contributed by atoms with Crippen molar-refractivity contribution in [1.82, 2.24) is 30.1 Å². The molecule has 12 heteroatoms. The number of rotatable bonds is 7. The third-order valence-corrected chi connectivity index (χ3v) is 10.1. The molecule has 43 heavy (non-hydrogen) atoms. The van der Waals surface area contributed by atoms with E-state index in [1.807, 2.05) is 30.5 Å². The second-order valence-electron chi connectivity index (χ2n) is 12.9. The summed E-state index contributed by atoms with van der Waals surface area (Å²) < 4.78 is 1.79. The predicted molar refractivity (Wildman–Crippen MR) is 165 cm³/mol. The highest BCUT2D eigenvalue weighted by Crippen LogP contribution is 2.43. The molecule has 3 N–H and O–H groups in total. The molecule has 2 atom stereocenters. The van der Waals surface area contributed by atoms with Crippen molar-refractivity contribution in [2.75, 3.05) is 23.3 Å². The summed E-state index contributed by atoms with van der Waals surface area (Å²) in [5, 5.41) is 41.5. The standard InChI is InChI=1S/C31H35N9O2S/c1-17(2)35-24-9-25(26-7-6-22-8-18(12-32)13-34-40(22)26)33-14-23(24)29-37-38-30(43-29)39-15-19-4-5-20(16-39)27(19)36-28(41)21-10-31(3,42)11-21/h6-9,13-14,17,19-21,27,42H,4-5,10-11,15-16H2,1-3H3,(H,33,35)(H,36,41)/t19-,20-,21?,31?/m1/s1. The summed E-state index contributed by atoms with van der Waals surface area (Å²) in [7, 11) is 0. The average Bonchev–Trinajstić information content (AvgIpc) is 3.67. The van der Waals surface area contributed by atoms with Gasteiger partial charge in [-0.3, -0.25) is 9.78 Å². The zero-order valence-corrected chi connectivity index (χ0v) is 25.3. The molecule has 2 bridgehead atoms. The third kappa shape index (κ3) is 5.21. The van der Waals surface area contributed by atoms with Crippen molar-refractivity contribution >= 4 is 33.6 Å². The Kier molecular flexibility index (Phi) is 6.82. The molecule has 5 heterocycles. The van der Waals surface area contributed by atoms with Crippen molar-refractivity contribution < 1.29 is 9.90 Å². The molecule has 4 aromatic heterocycles. The van der Waals surface area contributed by atoms with Crippen molar-refractivity contribution in [3.05, 3.63) is 42.2 Å². The zero-order valence-electron chi connectivity index (χ0n) is 24.5. The smallest absolute Gasteiger partial charge is 0.223 e. The summed E-state index contributed by atoms with van der Waals surface area (Å²) >= 11 is 1.57. The van der Waals surface area contributed by atoms with E-state index < -0.39 is 5.60 Å². The number of amides is 1. The van der Waals surface area contributed by atoms with Gasteiger partial charge in [0.25, 0.3) is 0 Å². The molecule has 4 aromatic rings. The van der Waals surface area contributed by atoms with Gasteiger partial charge in [-0.1, -0.05) is 11.3 Å². The summed E-state index contributed by atoms with van der Waals surface area (Å²) in [6, 6.07) is 10.2. The van der Waals surface area contributed by atoms with Crippen LogP contribution in [0.2, 0.25) is 0 Å². The van der Waals surface area contributed by atoms with Crippen LogP contribution in [0.15, 0.2) is 36.7 Å². The number of fused-ring (bicyclic) bond motifs is 3. The lowest BCUT2D eigenvalue weighted by molar-refractivity contribution is -0.140. The predicted octanol–water partition coefficient (Wildman–Crippen LogP) is 4.10. The average molecular weight is 598 g/mol. The van der Waals surface area contributed by atoms with Gasteiger partial charge in [-0.05, 0) is 82.6 Å². The van der Waals surface area contributed by atoms with Crippen molar-refractivity contribution in [3.63, 3.8) is 0 Å². The number of anilines is 2. The van der Waals surface area contributed by atoms with Gasteiger partial charge in [0.1, 0.15) is 6.07 Å². The zero-order chi connectivity index (χ0) is 29.9. The van der Waals surface area contributed by atoms with Crippen LogP contribution in [-0.2, 0) is 4.79 Å². The number of hydrogen-bond acceptors (Lipinski definition) is 10. The summed E-state index contributed by atoms with van der Waals surface area (Å²) in [5.41, 5.74) is 4.06. The highest BCUT2D eigenvalue weighted by Gasteiger charge is 2.47. The number of hydrogen-bond donors (Lipinski definition) is 3. The van der Waals surface area contributed by atoms with Crippen molar-refractivity contribution in [1.29, 1.82) is 5.26 Å². The number of piperidine rings is 1. The molecule has 11 nitrogen and oxygen atoms in total. The molecule has 222 valence electrons. The van der Waals surface area contributed by atoms with Crippen molar-refractivity contribution in [2.24, 2.45) is 17.8 Å². The molecule has 0 aromatic carbocycles. The number of pyridine rings is 1. The summed E-state index contributed by atoms with van der Waals surface area (Å²) in [5.74, 6) is 0.780. The van der Waals surface area contributed by atoms with Crippen LogP contribution in [0.25, 0.3) is 27.5 Å². The topological polar surface area (TPSA) is 144 Å². The van der Waals surface area contributed by atoms with Crippen LogP contribution in [0.5, 0.6) is 0 Å². The second-order valence-corrected chi connectivity index (χ2v) is 13.8. The van der Waals surface area contributed by atoms with Crippen LogP contribution in [0.3, 0.4) is 0 Å². The van der Waals surface area contributed by atoms with Crippen LogP contribution < -0.4 is 15.5 Å². The number of nitrogens with zero attached hydrogens (tertiary/aromatic N) is 7. The van der Waals surface area contributed by atoms with Gasteiger partial charge in [-0.25, -0.2) is 4.52 Å². The monoisotopic (exact) mass is 597 g/mol. The molecule has 0 unspecified atom stereocenters. The Bertz CT molecular complexity index is 1720. The Hall–Kier alpha value is -4.08. The summed E-state index contributed by atoms with van der Waals surface area (Å²) in [6.07, 6.45) is 6.68. The maximum Gasteiger partial charge on any atom is 0.223 e. The molecule has 1 saturated heterocycles. The first-order chi connectivity index (χ1) is 20.7. The molecule has 2 aliphatic carbocycles. The van der Waals surface area contributed by atoms with Crippen LogP contribution in [0.1, 0.15) is 52.0 Å². The van der Waals surface area contributed by atoms with Gasteiger partial charge in [-0.2, -0.15) is 10.4 Å². The first kappa shape index (κ1) is 27.7. The largest absolute Gasteiger partial charge is 0.390 e. The minimum absolute atomic E-state index is 0.0732. The van der Waals surface area contributed by atoms with Crippen LogP contribution in [-0.4, -0.2) is 66.6 Å². The lowest BCUT2D eigenvalue weighted by Gasteiger charge is -2.42. The van der Waals surface area contributed by atoms with Gasteiger partial charge in [0, 0.05) is 43.0 Å². The Morgan fingerprint density at radius 3 is 2.63 bits per heavy atom. The number of aromatic nitrogens is 5. The quantitative estimate of drug-likeness (QED) is 0.287. The van der Waals surface area contributed by atoms with E-state index in [0.29, 0.717) is 30.2 Å². The first-order valence-corrected chi connectivity index (χ1v) is 15.8. The number of carbonyl (C=O) groups is 1. The minimum atomic E-state index is -0.697. The molecular formula is C31H35N9O2S. The molecule has 2 saturated carbocycles. The molecule has 3 fully saturated rings. The Balaban J connectivity index is 1.10. The molecule has 3 aliphatic rings. The molecule has 1 amide bonds. The Morgan fingerprint density at radius 2 is 1.93 bits per heavy atom. The lowest BCUT2D eigenvalue weighted by Crippen LogP contribution is -2.56. The SMILES string of the molecule is CC(C)Nc1cc(-c2ccc3cc(C#N)cnn23)ncc1-c1nnc(N2C[C@H]3CC[C@H](C2)C3NC(=O)C2CC(C)(O)C2)s1. The van der Waals surface area contributed by atoms with Gasteiger partial charge in [0.2, 0.25) is 11.0 Å². The third-order valence-electron chi connectivity index (χ3n) is 9.04. The maximum absolute atomic E-state index is 12.8. The molecular weight excluding hydrogens is 562 g/mol. The van der Waals surface area contributed by atoms with Gasteiger partial charge in [0.05, 0.1) is 39.8 Å². The Labute approximate surface area is 254 Å². The normalized spacial score (nSPS) is 26.4. The van der Waals surface area contributed by atoms with E-state index in [9.17, 15) is 15.2 Å². The van der Waals surface area contributed by atoms with Gasteiger partial charge in [0.15, 0.2) is 5.01 Å². The lowest BCUT2D eigenvalue weighted by atomic mass is 9.71. The molecule has 7 rings (SSSR count). The summed E-state index contributed by atoms with van der Waals surface area (Å²) in [4.78, 5) is 19.9. The van der Waals surface area contributed by atoms with Crippen LogP contribution in [0.4, 0.5) is 10.8 Å². The minimum Gasteiger partial charge on any atom is -0.390 e. The van der Waals surface area contributed by atoms with E-state index in [-0.39, 0.29) is 23.9 Å².